The summed E-state index contributed by atoms with van der Waals surface area (Å²) in [7, 11) is 0. The third-order valence-electron chi connectivity index (χ3n) is 4.59. The van der Waals surface area contributed by atoms with E-state index in [4.69, 9.17) is 4.52 Å². The van der Waals surface area contributed by atoms with Crippen LogP contribution >= 0.6 is 0 Å². The van der Waals surface area contributed by atoms with Crippen molar-refractivity contribution in [2.75, 3.05) is 6.54 Å². The van der Waals surface area contributed by atoms with Crippen LogP contribution in [0.15, 0.2) is 28.8 Å². The minimum atomic E-state index is -0.100. The van der Waals surface area contributed by atoms with Crippen LogP contribution in [0.5, 0.6) is 0 Å². The van der Waals surface area contributed by atoms with Gasteiger partial charge in [0.2, 0.25) is 5.89 Å². The number of carbonyl (C=O) groups is 1. The summed E-state index contributed by atoms with van der Waals surface area (Å²) in [6.07, 6.45) is 1.40. The molecule has 0 radical (unpaired) electrons. The molecule has 6 nitrogen and oxygen atoms in total. The molecule has 0 saturated carbocycles. The summed E-state index contributed by atoms with van der Waals surface area (Å²) in [5, 5.41) is 7.93. The number of carbonyl (C=O) groups excluding carboxylic acids is 1. The fraction of sp³-hybridized carbons (Fsp3) is 0.476. The molecule has 0 bridgehead atoms. The first-order valence-electron chi connectivity index (χ1n) is 9.48. The summed E-state index contributed by atoms with van der Waals surface area (Å²) in [5.41, 5.74) is 2.88. The van der Waals surface area contributed by atoms with Gasteiger partial charge in [0.05, 0.1) is 0 Å². The molecule has 0 aliphatic rings. The van der Waals surface area contributed by atoms with Crippen LogP contribution in [0.25, 0.3) is 10.9 Å². The van der Waals surface area contributed by atoms with E-state index in [0.717, 1.165) is 23.1 Å². The first-order chi connectivity index (χ1) is 12.7. The normalized spacial score (nSPS) is 12.1. The third-order valence-corrected chi connectivity index (χ3v) is 4.59. The fourth-order valence-corrected chi connectivity index (χ4v) is 2.86. The van der Waals surface area contributed by atoms with Gasteiger partial charge in [-0.2, -0.15) is 4.98 Å². The predicted molar refractivity (Wildman–Crippen MR) is 106 cm³/mol. The number of fused-ring (bicyclic) bond motifs is 1. The van der Waals surface area contributed by atoms with Crippen LogP contribution in [0.4, 0.5) is 0 Å². The number of nitrogens with one attached hydrogen (secondary N) is 2. The maximum atomic E-state index is 12.4. The van der Waals surface area contributed by atoms with Crippen molar-refractivity contribution in [3.63, 3.8) is 0 Å². The number of aromatic nitrogens is 3. The zero-order chi connectivity index (χ0) is 19.6. The van der Waals surface area contributed by atoms with Crippen molar-refractivity contribution in [2.45, 2.75) is 58.8 Å². The van der Waals surface area contributed by atoms with Crippen LogP contribution in [0, 0.1) is 0 Å². The van der Waals surface area contributed by atoms with Gasteiger partial charge < -0.3 is 14.8 Å². The molecule has 6 heteroatoms. The maximum Gasteiger partial charge on any atom is 0.267 e. The van der Waals surface area contributed by atoms with Crippen LogP contribution < -0.4 is 5.32 Å². The van der Waals surface area contributed by atoms with Crippen molar-refractivity contribution in [1.82, 2.24) is 20.4 Å². The number of hydrogen-bond donors (Lipinski definition) is 2. The van der Waals surface area contributed by atoms with E-state index in [1.165, 1.54) is 5.56 Å². The molecule has 0 spiro atoms. The molecule has 3 rings (SSSR count). The van der Waals surface area contributed by atoms with Crippen LogP contribution in [0.2, 0.25) is 0 Å². The van der Waals surface area contributed by atoms with Crippen LogP contribution in [-0.2, 0) is 11.8 Å². The lowest BCUT2D eigenvalue weighted by atomic mass is 9.87. The Morgan fingerprint density at radius 3 is 2.70 bits per heavy atom. The molecule has 0 aliphatic carbocycles. The second-order valence-electron chi connectivity index (χ2n) is 8.30. The van der Waals surface area contributed by atoms with Crippen molar-refractivity contribution >= 4 is 16.8 Å². The van der Waals surface area contributed by atoms with E-state index < -0.39 is 0 Å². The molecule has 3 aromatic rings. The Labute approximate surface area is 159 Å². The lowest BCUT2D eigenvalue weighted by Crippen LogP contribution is -2.25. The van der Waals surface area contributed by atoms with E-state index in [1.807, 2.05) is 19.9 Å². The molecule has 0 saturated heterocycles. The average molecular weight is 368 g/mol. The van der Waals surface area contributed by atoms with Gasteiger partial charge in [0.1, 0.15) is 5.69 Å². The molecule has 144 valence electrons. The van der Waals surface area contributed by atoms with E-state index >= 15 is 0 Å². The summed E-state index contributed by atoms with van der Waals surface area (Å²) in [6, 6.07) is 8.19. The zero-order valence-electron chi connectivity index (χ0n) is 16.7. The average Bonchev–Trinajstić information content (AvgIpc) is 3.23. The van der Waals surface area contributed by atoms with Crippen LogP contribution in [0.1, 0.15) is 74.7 Å². The van der Waals surface area contributed by atoms with Crippen molar-refractivity contribution < 1.29 is 9.32 Å². The van der Waals surface area contributed by atoms with Crippen LogP contribution in [-0.4, -0.2) is 27.6 Å². The number of benzene rings is 1. The first-order valence-corrected chi connectivity index (χ1v) is 9.48. The second kappa shape index (κ2) is 7.55. The van der Waals surface area contributed by atoms with Gasteiger partial charge in [-0.05, 0) is 29.5 Å². The van der Waals surface area contributed by atoms with E-state index in [-0.39, 0.29) is 17.2 Å². The fourth-order valence-electron chi connectivity index (χ4n) is 2.86. The molecule has 2 N–H and O–H groups in total. The molecular formula is C21H28N4O2. The third kappa shape index (κ3) is 4.56. The van der Waals surface area contributed by atoms with Gasteiger partial charge in [0.25, 0.3) is 5.91 Å². The number of nitrogens with zero attached hydrogens (tertiary/aromatic N) is 2. The molecule has 0 aliphatic heterocycles. The van der Waals surface area contributed by atoms with E-state index in [1.54, 1.807) is 0 Å². The highest BCUT2D eigenvalue weighted by Crippen LogP contribution is 2.26. The van der Waals surface area contributed by atoms with E-state index in [9.17, 15) is 4.79 Å². The van der Waals surface area contributed by atoms with Crippen molar-refractivity contribution in [2.24, 2.45) is 0 Å². The van der Waals surface area contributed by atoms with Gasteiger partial charge in [0, 0.05) is 29.8 Å². The molecule has 2 heterocycles. The van der Waals surface area contributed by atoms with Crippen molar-refractivity contribution in [3.05, 3.63) is 47.2 Å². The van der Waals surface area contributed by atoms with Crippen molar-refractivity contribution in [1.29, 1.82) is 0 Å². The summed E-state index contributed by atoms with van der Waals surface area (Å²) in [6.45, 7) is 11.1. The lowest BCUT2D eigenvalue weighted by Gasteiger charge is -2.18. The predicted octanol–water partition coefficient (Wildman–Crippen LogP) is 4.33. The molecule has 0 unspecified atom stereocenters. The Balaban J connectivity index is 1.56. The summed E-state index contributed by atoms with van der Waals surface area (Å²) in [5.74, 6) is 1.50. The topological polar surface area (TPSA) is 83.8 Å². The highest BCUT2D eigenvalue weighted by atomic mass is 16.5. The highest BCUT2D eigenvalue weighted by molar-refractivity contribution is 5.98. The smallest absolute Gasteiger partial charge is 0.267 e. The first kappa shape index (κ1) is 19.1. The number of aromatic amines is 1. The van der Waals surface area contributed by atoms with Crippen molar-refractivity contribution in [3.8, 4) is 0 Å². The number of H-pyrrole nitrogens is 1. The van der Waals surface area contributed by atoms with Gasteiger partial charge in [-0.25, -0.2) is 0 Å². The van der Waals surface area contributed by atoms with Crippen LogP contribution in [0.3, 0.4) is 0 Å². The van der Waals surface area contributed by atoms with E-state index in [0.29, 0.717) is 24.6 Å². The van der Waals surface area contributed by atoms with Gasteiger partial charge in [-0.1, -0.05) is 51.9 Å². The maximum absolute atomic E-state index is 12.4. The largest absolute Gasteiger partial charge is 0.351 e. The Morgan fingerprint density at radius 2 is 2.04 bits per heavy atom. The van der Waals surface area contributed by atoms with Gasteiger partial charge in [0.15, 0.2) is 5.82 Å². The number of aryl methyl sites for hydroxylation is 1. The number of hydrogen-bond acceptors (Lipinski definition) is 4. The van der Waals surface area contributed by atoms with Gasteiger partial charge in [-0.15, -0.1) is 0 Å². The molecular weight excluding hydrogens is 340 g/mol. The Bertz CT molecular complexity index is 931. The molecule has 0 atom stereocenters. The standard InChI is InChI=1S/C21H28N4O2/c1-13(2)19-24-18(27-25-19)7-6-10-22-20(26)17-11-14-8-9-15(21(3,4)5)12-16(14)23-17/h8-9,11-13,23H,6-7,10H2,1-5H3,(H,22,26). The SMILES string of the molecule is CC(C)c1noc(CCCNC(=O)c2cc3ccc(C(C)(C)C)cc3[nH]2)n1. The van der Waals surface area contributed by atoms with Gasteiger partial charge >= 0.3 is 0 Å². The minimum Gasteiger partial charge on any atom is -0.351 e. The minimum absolute atomic E-state index is 0.0753. The summed E-state index contributed by atoms with van der Waals surface area (Å²) < 4.78 is 5.22. The lowest BCUT2D eigenvalue weighted by molar-refractivity contribution is 0.0948. The highest BCUT2D eigenvalue weighted by Gasteiger charge is 2.16. The summed E-state index contributed by atoms with van der Waals surface area (Å²) >= 11 is 0. The van der Waals surface area contributed by atoms with E-state index in [2.05, 4.69) is 59.4 Å². The Hall–Kier alpha value is -2.63. The zero-order valence-corrected chi connectivity index (χ0v) is 16.7. The molecule has 1 aromatic carbocycles. The Morgan fingerprint density at radius 1 is 1.26 bits per heavy atom. The number of rotatable bonds is 6. The Kier molecular flexibility index (Phi) is 5.35. The molecule has 2 aromatic heterocycles. The number of amides is 1. The molecule has 0 fully saturated rings. The quantitative estimate of drug-likeness (QED) is 0.634. The second-order valence-corrected chi connectivity index (χ2v) is 8.30. The molecule has 1 amide bonds. The monoisotopic (exact) mass is 368 g/mol. The van der Waals surface area contributed by atoms with Gasteiger partial charge in [-0.3, -0.25) is 4.79 Å². The molecule has 27 heavy (non-hydrogen) atoms. The summed E-state index contributed by atoms with van der Waals surface area (Å²) in [4.78, 5) is 20.0.